The fraction of sp³-hybridized carbons (Fsp3) is 0.179. The summed E-state index contributed by atoms with van der Waals surface area (Å²) in [5.74, 6) is -0.477. The van der Waals surface area contributed by atoms with E-state index in [4.69, 9.17) is 9.57 Å². The highest BCUT2D eigenvalue weighted by Gasteiger charge is 2.28. The second kappa shape index (κ2) is 9.67. The molecule has 4 aromatic rings. The van der Waals surface area contributed by atoms with Crippen molar-refractivity contribution in [1.29, 1.82) is 0 Å². The van der Waals surface area contributed by atoms with Crippen LogP contribution in [0.1, 0.15) is 32.6 Å². The molecule has 0 aliphatic heterocycles. The van der Waals surface area contributed by atoms with Crippen molar-refractivity contribution in [3.63, 3.8) is 0 Å². The first-order valence-electron chi connectivity index (χ1n) is 11.5. The van der Waals surface area contributed by atoms with Crippen molar-refractivity contribution in [1.82, 2.24) is 9.63 Å². The van der Waals surface area contributed by atoms with Crippen LogP contribution in [-0.2, 0) is 41.1 Å². The van der Waals surface area contributed by atoms with E-state index in [1.54, 1.807) is 30.3 Å². The third kappa shape index (κ3) is 4.46. The minimum Gasteiger partial charge on any atom is -0.489 e. The van der Waals surface area contributed by atoms with Gasteiger partial charge in [0, 0.05) is 47.3 Å². The maximum Gasteiger partial charge on any atom is 0.329 e. The van der Waals surface area contributed by atoms with Crippen LogP contribution in [0, 0.1) is 0 Å². The molecule has 0 spiro atoms. The first-order valence-corrected chi connectivity index (χ1v) is 11.5. The first-order chi connectivity index (χ1) is 17.4. The van der Waals surface area contributed by atoms with Gasteiger partial charge in [0.2, 0.25) is 6.41 Å². The molecule has 1 aromatic heterocycles. The number of nitrogens with zero attached hydrogens (tertiary/aromatic N) is 2. The minimum absolute atomic E-state index is 0.0124. The van der Waals surface area contributed by atoms with Gasteiger partial charge in [0.05, 0.1) is 0 Å². The molecular formula is C28H24N2O6. The molecule has 2 bridgehead atoms. The summed E-state index contributed by atoms with van der Waals surface area (Å²) in [6.07, 6.45) is 2.38. The van der Waals surface area contributed by atoms with Crippen LogP contribution in [0.3, 0.4) is 0 Å². The number of hydrogen-bond donors (Lipinski definition) is 1. The SMILES string of the molecule is Cn1cc(C[C@@H](C(=O)O)N(C=O)OCc2ccc(OCc3ccc4cc3C4=O)cc2)c2ccccc21. The zero-order valence-electron chi connectivity index (χ0n) is 19.6. The molecule has 1 heterocycles. The summed E-state index contributed by atoms with van der Waals surface area (Å²) in [4.78, 5) is 41.2. The summed E-state index contributed by atoms with van der Waals surface area (Å²) in [6, 6.07) is 19.1. The summed E-state index contributed by atoms with van der Waals surface area (Å²) in [7, 11) is 1.89. The van der Waals surface area contributed by atoms with Crippen LogP contribution in [0.25, 0.3) is 10.9 Å². The monoisotopic (exact) mass is 484 g/mol. The molecule has 3 aromatic carbocycles. The first kappa shape index (κ1) is 23.3. The van der Waals surface area contributed by atoms with Gasteiger partial charge < -0.3 is 14.4 Å². The lowest BCUT2D eigenvalue weighted by Gasteiger charge is -2.24. The van der Waals surface area contributed by atoms with Crippen LogP contribution in [0.15, 0.2) is 72.9 Å². The molecule has 1 atom stereocenters. The Morgan fingerprint density at radius 2 is 1.83 bits per heavy atom. The fourth-order valence-corrected chi connectivity index (χ4v) is 4.40. The van der Waals surface area contributed by atoms with E-state index >= 15 is 0 Å². The number of carbonyl (C=O) groups is 3. The summed E-state index contributed by atoms with van der Waals surface area (Å²) < 4.78 is 7.72. The normalized spacial score (nSPS) is 12.8. The lowest BCUT2D eigenvalue weighted by molar-refractivity contribution is -0.200. The van der Waals surface area contributed by atoms with Gasteiger partial charge in [0.25, 0.3) is 0 Å². The smallest absolute Gasteiger partial charge is 0.329 e. The Hall–Kier alpha value is -4.43. The molecule has 2 aliphatic rings. The number of amides is 1. The predicted octanol–water partition coefficient (Wildman–Crippen LogP) is 3.89. The van der Waals surface area contributed by atoms with Crippen molar-refractivity contribution in [3.05, 3.63) is 101 Å². The maximum absolute atomic E-state index is 12.0. The molecule has 36 heavy (non-hydrogen) atoms. The van der Waals surface area contributed by atoms with Crippen molar-refractivity contribution < 1.29 is 29.1 Å². The number of ether oxygens (including phenoxy) is 1. The number of aryl methyl sites for hydroxylation is 1. The van der Waals surface area contributed by atoms with Gasteiger partial charge in [-0.25, -0.2) is 9.86 Å². The quantitative estimate of drug-likeness (QED) is 0.226. The maximum atomic E-state index is 12.0. The zero-order chi connectivity index (χ0) is 25.2. The lowest BCUT2D eigenvalue weighted by Crippen LogP contribution is -2.41. The molecule has 2 aliphatic carbocycles. The fourth-order valence-electron chi connectivity index (χ4n) is 4.40. The summed E-state index contributed by atoms with van der Waals surface area (Å²) in [5.41, 5.74) is 4.80. The van der Waals surface area contributed by atoms with Crippen molar-refractivity contribution in [2.75, 3.05) is 0 Å². The number of para-hydroxylation sites is 1. The second-order valence-corrected chi connectivity index (χ2v) is 8.71. The number of ketones is 1. The number of benzene rings is 3. The third-order valence-corrected chi connectivity index (χ3v) is 6.40. The summed E-state index contributed by atoms with van der Waals surface area (Å²) in [6.45, 7) is 0.295. The number of carbonyl (C=O) groups excluding carboxylic acids is 2. The van der Waals surface area contributed by atoms with E-state index in [0.717, 1.165) is 38.2 Å². The van der Waals surface area contributed by atoms with Crippen LogP contribution in [-0.4, -0.2) is 38.9 Å². The van der Waals surface area contributed by atoms with Crippen LogP contribution < -0.4 is 4.74 Å². The minimum atomic E-state index is -1.18. The molecule has 182 valence electrons. The topological polar surface area (TPSA) is 98.1 Å². The largest absolute Gasteiger partial charge is 0.489 e. The van der Waals surface area contributed by atoms with Crippen LogP contribution in [0.4, 0.5) is 0 Å². The van der Waals surface area contributed by atoms with Gasteiger partial charge in [-0.1, -0.05) is 42.5 Å². The Bertz CT molecular complexity index is 1450. The highest BCUT2D eigenvalue weighted by molar-refractivity contribution is 6.17. The van der Waals surface area contributed by atoms with Crippen LogP contribution >= 0.6 is 0 Å². The molecule has 8 nitrogen and oxygen atoms in total. The number of carboxylic acid groups (broad SMARTS) is 1. The van der Waals surface area contributed by atoms with E-state index in [2.05, 4.69) is 0 Å². The molecule has 0 saturated heterocycles. The van der Waals surface area contributed by atoms with Crippen LogP contribution in [0.5, 0.6) is 5.75 Å². The molecule has 1 N–H and O–H groups in total. The van der Waals surface area contributed by atoms with Crippen molar-refractivity contribution in [2.24, 2.45) is 7.05 Å². The van der Waals surface area contributed by atoms with Gasteiger partial charge in [0.15, 0.2) is 11.8 Å². The molecule has 6 rings (SSSR count). The van der Waals surface area contributed by atoms with Crippen molar-refractivity contribution in [2.45, 2.75) is 25.7 Å². The van der Waals surface area contributed by atoms with Gasteiger partial charge in [-0.15, -0.1) is 0 Å². The van der Waals surface area contributed by atoms with Crippen LogP contribution in [0.2, 0.25) is 0 Å². The average Bonchev–Trinajstić information content (AvgIpc) is 3.22. The predicted molar refractivity (Wildman–Crippen MR) is 131 cm³/mol. The number of hydrogen-bond acceptors (Lipinski definition) is 5. The van der Waals surface area contributed by atoms with E-state index in [0.29, 0.717) is 17.7 Å². The molecule has 0 fully saturated rings. The van der Waals surface area contributed by atoms with E-state index in [9.17, 15) is 19.5 Å². The standard InChI is InChI=1S/C28H24N2O6/c1-29-14-21(23-4-2-3-5-25(23)29)13-26(28(33)34)30(17-31)36-15-18-6-10-22(11-7-18)35-16-20-9-8-19-12-24(20)27(19)32/h2-12,14,17,26H,13,15-16H2,1H3,(H,33,34)/t26-/m0/s1. The Labute approximate surface area is 207 Å². The summed E-state index contributed by atoms with van der Waals surface area (Å²) >= 11 is 0. The second-order valence-electron chi connectivity index (χ2n) is 8.71. The molecule has 0 saturated carbocycles. The van der Waals surface area contributed by atoms with Gasteiger partial charge >= 0.3 is 5.97 Å². The Morgan fingerprint density at radius 1 is 1.06 bits per heavy atom. The lowest BCUT2D eigenvalue weighted by atomic mass is 9.87. The van der Waals surface area contributed by atoms with E-state index in [1.807, 2.05) is 54.2 Å². The Kier molecular flexibility index (Phi) is 6.26. The van der Waals surface area contributed by atoms with Crippen molar-refractivity contribution in [3.8, 4) is 5.75 Å². The number of aliphatic carboxylic acids is 1. The average molecular weight is 485 g/mol. The van der Waals surface area contributed by atoms with E-state index in [1.165, 1.54) is 0 Å². The Morgan fingerprint density at radius 3 is 2.53 bits per heavy atom. The van der Waals surface area contributed by atoms with Gasteiger partial charge in [0.1, 0.15) is 19.0 Å². The summed E-state index contributed by atoms with van der Waals surface area (Å²) in [5, 5.41) is 11.6. The number of fused-ring (bicyclic) bond motifs is 3. The number of rotatable bonds is 11. The zero-order valence-corrected chi connectivity index (χ0v) is 19.6. The number of aromatic nitrogens is 1. The molecule has 0 radical (unpaired) electrons. The van der Waals surface area contributed by atoms with Gasteiger partial charge in [-0.3, -0.25) is 14.4 Å². The highest BCUT2D eigenvalue weighted by atomic mass is 16.7. The highest BCUT2D eigenvalue weighted by Crippen LogP contribution is 2.27. The molecular weight excluding hydrogens is 460 g/mol. The van der Waals surface area contributed by atoms with Gasteiger partial charge in [-0.2, -0.15) is 0 Å². The number of carboxylic acids is 1. The molecule has 8 heteroatoms. The Balaban J connectivity index is 1.21. The van der Waals surface area contributed by atoms with E-state index in [-0.39, 0.29) is 25.4 Å². The van der Waals surface area contributed by atoms with Gasteiger partial charge in [-0.05, 0) is 35.4 Å². The number of hydroxylamine groups is 2. The third-order valence-electron chi connectivity index (χ3n) is 6.40. The molecule has 1 amide bonds. The molecule has 0 unspecified atom stereocenters. The van der Waals surface area contributed by atoms with Crippen molar-refractivity contribution >= 4 is 29.1 Å². The van der Waals surface area contributed by atoms with E-state index < -0.39 is 12.0 Å².